The minimum Gasteiger partial charge on any atom is -0.388 e. The number of carbonyl (C=O) groups excluding carboxylic acids is 1. The summed E-state index contributed by atoms with van der Waals surface area (Å²) in [5.41, 5.74) is 4.43. The van der Waals surface area contributed by atoms with Crippen molar-refractivity contribution in [3.63, 3.8) is 0 Å². The summed E-state index contributed by atoms with van der Waals surface area (Å²) in [6.07, 6.45) is 4.16. The van der Waals surface area contributed by atoms with Crippen LogP contribution in [0.2, 0.25) is 0 Å². The van der Waals surface area contributed by atoms with Gasteiger partial charge in [-0.15, -0.1) is 0 Å². The first kappa shape index (κ1) is 15.2. The van der Waals surface area contributed by atoms with E-state index in [-0.39, 0.29) is 23.6 Å². The molecule has 1 heterocycles. The Morgan fingerprint density at radius 3 is 2.76 bits per heavy atom. The van der Waals surface area contributed by atoms with Gasteiger partial charge in [-0.2, -0.15) is 0 Å². The Morgan fingerprint density at radius 1 is 1.57 bits per heavy atom. The molecule has 1 aliphatic carbocycles. The van der Waals surface area contributed by atoms with Gasteiger partial charge in [0.15, 0.2) is 0 Å². The van der Waals surface area contributed by atoms with Crippen LogP contribution < -0.4 is 5.73 Å². The molecule has 1 aliphatic rings. The molecule has 0 aliphatic heterocycles. The smallest absolute Gasteiger partial charge is 0.288 e. The number of hydrogen-bond acceptors (Lipinski definition) is 6. The normalized spacial score (nSPS) is 16.7. The summed E-state index contributed by atoms with van der Waals surface area (Å²) in [5, 5.41) is 21.1. The van der Waals surface area contributed by atoms with Crippen LogP contribution >= 0.6 is 0 Å². The number of nitro groups is 1. The van der Waals surface area contributed by atoms with E-state index in [1.807, 2.05) is 0 Å². The van der Waals surface area contributed by atoms with Crippen LogP contribution in [0.3, 0.4) is 0 Å². The molecule has 0 spiro atoms. The highest BCUT2D eigenvalue weighted by atomic mass is 16.6. The SMILES string of the molecule is CN(CC1(O)CCCC1)C(=O)c1cc([N+](=O)[O-])cnc1N. The molecule has 1 fully saturated rings. The number of rotatable bonds is 4. The molecule has 0 saturated heterocycles. The topological polar surface area (TPSA) is 123 Å². The first-order chi connectivity index (χ1) is 9.82. The van der Waals surface area contributed by atoms with Crippen molar-refractivity contribution >= 4 is 17.4 Å². The highest BCUT2D eigenvalue weighted by Crippen LogP contribution is 2.30. The van der Waals surface area contributed by atoms with Gasteiger partial charge >= 0.3 is 0 Å². The standard InChI is InChI=1S/C13H18N4O4/c1-16(8-13(19)4-2-3-5-13)12(18)10-6-9(17(20)21)7-15-11(10)14/h6-7,19H,2-5,8H2,1H3,(H2,14,15). The third-order valence-electron chi connectivity index (χ3n) is 3.76. The fourth-order valence-corrected chi connectivity index (χ4v) is 2.65. The molecular weight excluding hydrogens is 276 g/mol. The quantitative estimate of drug-likeness (QED) is 0.629. The average Bonchev–Trinajstić information content (AvgIpc) is 2.84. The molecule has 114 valence electrons. The lowest BCUT2D eigenvalue weighted by Crippen LogP contribution is -2.42. The van der Waals surface area contributed by atoms with Crippen molar-refractivity contribution in [1.29, 1.82) is 0 Å². The highest BCUT2D eigenvalue weighted by molar-refractivity contribution is 5.98. The Kier molecular flexibility index (Phi) is 4.08. The van der Waals surface area contributed by atoms with Crippen LogP contribution in [0.1, 0.15) is 36.0 Å². The molecule has 0 radical (unpaired) electrons. The number of nitrogen functional groups attached to an aromatic ring is 1. The first-order valence-electron chi connectivity index (χ1n) is 6.70. The van der Waals surface area contributed by atoms with E-state index in [1.54, 1.807) is 0 Å². The summed E-state index contributed by atoms with van der Waals surface area (Å²) in [6, 6.07) is 1.11. The van der Waals surface area contributed by atoms with E-state index in [9.17, 15) is 20.0 Å². The van der Waals surface area contributed by atoms with Crippen LogP contribution in [0, 0.1) is 10.1 Å². The largest absolute Gasteiger partial charge is 0.388 e. The molecule has 1 aromatic heterocycles. The predicted molar refractivity (Wildman–Crippen MR) is 75.7 cm³/mol. The maximum absolute atomic E-state index is 12.3. The number of amides is 1. The number of nitrogens with two attached hydrogens (primary N) is 1. The van der Waals surface area contributed by atoms with Gasteiger partial charge in [-0.05, 0) is 12.8 Å². The van der Waals surface area contributed by atoms with Crippen molar-refractivity contribution in [2.45, 2.75) is 31.3 Å². The van der Waals surface area contributed by atoms with Gasteiger partial charge in [-0.1, -0.05) is 12.8 Å². The Bertz CT molecular complexity index is 569. The van der Waals surface area contributed by atoms with Gasteiger partial charge in [0.1, 0.15) is 12.0 Å². The summed E-state index contributed by atoms with van der Waals surface area (Å²) >= 11 is 0. The minimum atomic E-state index is -0.882. The Labute approximate surface area is 121 Å². The van der Waals surface area contributed by atoms with E-state index >= 15 is 0 Å². The van der Waals surface area contributed by atoms with E-state index in [0.29, 0.717) is 12.8 Å². The predicted octanol–water partition coefficient (Wildman–Crippen LogP) is 0.949. The fraction of sp³-hybridized carbons (Fsp3) is 0.538. The van der Waals surface area contributed by atoms with E-state index in [2.05, 4.69) is 4.98 Å². The molecular formula is C13H18N4O4. The number of aliphatic hydroxyl groups is 1. The zero-order valence-electron chi connectivity index (χ0n) is 11.8. The van der Waals surface area contributed by atoms with Crippen LogP contribution in [0.25, 0.3) is 0 Å². The van der Waals surface area contributed by atoms with Crippen LogP contribution in [-0.4, -0.2) is 45.0 Å². The van der Waals surface area contributed by atoms with Crippen LogP contribution in [-0.2, 0) is 0 Å². The average molecular weight is 294 g/mol. The van der Waals surface area contributed by atoms with Gasteiger partial charge in [0.2, 0.25) is 0 Å². The molecule has 3 N–H and O–H groups in total. The summed E-state index contributed by atoms with van der Waals surface area (Å²) in [5.74, 6) is -0.542. The lowest BCUT2D eigenvalue weighted by molar-refractivity contribution is -0.385. The number of pyridine rings is 1. The monoisotopic (exact) mass is 294 g/mol. The second kappa shape index (κ2) is 5.65. The van der Waals surface area contributed by atoms with Gasteiger partial charge in [0.05, 0.1) is 16.1 Å². The summed E-state index contributed by atoms with van der Waals surface area (Å²) in [4.78, 5) is 27.5. The molecule has 21 heavy (non-hydrogen) atoms. The molecule has 0 atom stereocenters. The fourth-order valence-electron chi connectivity index (χ4n) is 2.65. The lowest BCUT2D eigenvalue weighted by atomic mass is 10.0. The third kappa shape index (κ3) is 3.27. The molecule has 0 bridgehead atoms. The Balaban J connectivity index is 2.18. The summed E-state index contributed by atoms with van der Waals surface area (Å²) in [6.45, 7) is 0.175. The van der Waals surface area contributed by atoms with E-state index in [1.165, 1.54) is 11.9 Å². The number of anilines is 1. The zero-order chi connectivity index (χ0) is 15.6. The second-order valence-corrected chi connectivity index (χ2v) is 5.48. The number of hydrogen-bond donors (Lipinski definition) is 2. The van der Waals surface area contributed by atoms with Crippen molar-refractivity contribution < 1.29 is 14.8 Å². The van der Waals surface area contributed by atoms with Gasteiger partial charge in [-0.3, -0.25) is 14.9 Å². The van der Waals surface area contributed by atoms with Gasteiger partial charge in [-0.25, -0.2) is 4.98 Å². The molecule has 0 aromatic carbocycles. The van der Waals surface area contributed by atoms with Crippen LogP contribution in [0.15, 0.2) is 12.3 Å². The molecule has 1 saturated carbocycles. The van der Waals surface area contributed by atoms with Crippen molar-refractivity contribution in [1.82, 2.24) is 9.88 Å². The maximum atomic E-state index is 12.3. The lowest BCUT2D eigenvalue weighted by Gasteiger charge is -2.28. The van der Waals surface area contributed by atoms with Crippen molar-refractivity contribution in [3.05, 3.63) is 27.9 Å². The molecule has 1 amide bonds. The van der Waals surface area contributed by atoms with Gasteiger partial charge in [0.25, 0.3) is 11.6 Å². The molecule has 1 aromatic rings. The second-order valence-electron chi connectivity index (χ2n) is 5.48. The van der Waals surface area contributed by atoms with E-state index in [0.717, 1.165) is 25.1 Å². The van der Waals surface area contributed by atoms with Gasteiger partial charge in [0, 0.05) is 19.7 Å². The molecule has 0 unspecified atom stereocenters. The zero-order valence-corrected chi connectivity index (χ0v) is 11.8. The van der Waals surface area contributed by atoms with Crippen molar-refractivity contribution in [3.8, 4) is 0 Å². The first-order valence-corrected chi connectivity index (χ1v) is 6.70. The Hall–Kier alpha value is -2.22. The number of nitrogens with zero attached hydrogens (tertiary/aromatic N) is 3. The summed E-state index contributed by atoms with van der Waals surface area (Å²) < 4.78 is 0. The maximum Gasteiger partial charge on any atom is 0.288 e. The third-order valence-corrected chi connectivity index (χ3v) is 3.76. The Morgan fingerprint density at radius 2 is 2.19 bits per heavy atom. The minimum absolute atomic E-state index is 0.0201. The van der Waals surface area contributed by atoms with Crippen LogP contribution in [0.4, 0.5) is 11.5 Å². The van der Waals surface area contributed by atoms with E-state index in [4.69, 9.17) is 5.73 Å². The molecule has 8 nitrogen and oxygen atoms in total. The number of likely N-dealkylation sites (N-methyl/N-ethyl adjacent to an activating group) is 1. The highest BCUT2D eigenvalue weighted by Gasteiger charge is 2.34. The summed E-state index contributed by atoms with van der Waals surface area (Å²) in [7, 11) is 1.54. The van der Waals surface area contributed by atoms with Crippen LogP contribution in [0.5, 0.6) is 0 Å². The van der Waals surface area contributed by atoms with Crippen molar-refractivity contribution in [2.24, 2.45) is 0 Å². The number of aromatic nitrogens is 1. The molecule has 8 heteroatoms. The number of carbonyl (C=O) groups is 1. The van der Waals surface area contributed by atoms with Crippen molar-refractivity contribution in [2.75, 3.05) is 19.3 Å². The van der Waals surface area contributed by atoms with Gasteiger partial charge < -0.3 is 15.7 Å². The molecule has 2 rings (SSSR count). The van der Waals surface area contributed by atoms with E-state index < -0.39 is 16.4 Å².